The van der Waals surface area contributed by atoms with E-state index in [0.29, 0.717) is 10.7 Å². The molecular formula is C17H15ClN6. The summed E-state index contributed by atoms with van der Waals surface area (Å²) in [5, 5.41) is 4.86. The molecule has 24 heavy (non-hydrogen) atoms. The molecule has 2 heterocycles. The molecule has 4 aromatic rings. The van der Waals surface area contributed by atoms with E-state index in [-0.39, 0.29) is 0 Å². The number of aryl methyl sites for hydroxylation is 2. The third-order valence-electron chi connectivity index (χ3n) is 4.05. The Hall–Kier alpha value is -2.86. The average Bonchev–Trinajstić information content (AvgIpc) is 3.01. The first kappa shape index (κ1) is 14.7. The fraction of sp³-hybridized carbons (Fsp3) is 0.118. The van der Waals surface area contributed by atoms with Crippen molar-refractivity contribution < 1.29 is 0 Å². The monoisotopic (exact) mass is 338 g/mol. The molecule has 0 unspecified atom stereocenters. The molecule has 0 spiro atoms. The number of hydrogen-bond donors (Lipinski definition) is 2. The van der Waals surface area contributed by atoms with Crippen molar-refractivity contribution >= 4 is 50.6 Å². The minimum atomic E-state index is 0.501. The molecule has 0 aliphatic rings. The molecule has 120 valence electrons. The van der Waals surface area contributed by atoms with Gasteiger partial charge in [-0.05, 0) is 31.2 Å². The van der Waals surface area contributed by atoms with Crippen molar-refractivity contribution in [3.63, 3.8) is 0 Å². The van der Waals surface area contributed by atoms with E-state index in [2.05, 4.69) is 15.3 Å². The van der Waals surface area contributed by atoms with E-state index >= 15 is 0 Å². The molecule has 2 aromatic heterocycles. The molecule has 0 radical (unpaired) electrons. The molecule has 2 aromatic carbocycles. The summed E-state index contributed by atoms with van der Waals surface area (Å²) in [5.74, 6) is 0.903. The van der Waals surface area contributed by atoms with Crippen LogP contribution in [0.15, 0.2) is 36.8 Å². The summed E-state index contributed by atoms with van der Waals surface area (Å²) >= 11 is 6.13. The lowest BCUT2D eigenvalue weighted by Crippen LogP contribution is -2.02. The average molecular weight is 339 g/mol. The van der Waals surface area contributed by atoms with Crippen LogP contribution in [0.25, 0.3) is 21.9 Å². The number of nitrogens with one attached hydrogen (secondary N) is 1. The van der Waals surface area contributed by atoms with Crippen LogP contribution in [0.4, 0.5) is 17.1 Å². The molecule has 7 heteroatoms. The number of benzene rings is 2. The molecule has 0 atom stereocenters. The number of nitrogens with zero attached hydrogens (tertiary/aromatic N) is 4. The molecule has 0 aliphatic heterocycles. The molecule has 0 amide bonds. The van der Waals surface area contributed by atoms with Gasteiger partial charge in [0.05, 0.1) is 27.4 Å². The van der Waals surface area contributed by atoms with Gasteiger partial charge in [0, 0.05) is 24.3 Å². The highest BCUT2D eigenvalue weighted by atomic mass is 35.5. The Morgan fingerprint density at radius 3 is 2.79 bits per heavy atom. The molecular weight excluding hydrogens is 324 g/mol. The van der Waals surface area contributed by atoms with Gasteiger partial charge in [0.15, 0.2) is 0 Å². The van der Waals surface area contributed by atoms with E-state index in [4.69, 9.17) is 22.3 Å². The number of halogens is 1. The summed E-state index contributed by atoms with van der Waals surface area (Å²) < 4.78 is 1.98. The predicted molar refractivity (Wildman–Crippen MR) is 97.7 cm³/mol. The van der Waals surface area contributed by atoms with E-state index in [1.165, 1.54) is 0 Å². The standard InChI is InChI=1S/C17H15ClN6/c1-9-22-15-10(7-24(9)2)5-14-16(21-8-20-14)17(15)23-11-3-4-13(19)12(18)6-11/h3-8,23H,19H2,1-2H3. The van der Waals surface area contributed by atoms with Crippen LogP contribution >= 0.6 is 11.6 Å². The zero-order valence-corrected chi connectivity index (χ0v) is 14.0. The summed E-state index contributed by atoms with van der Waals surface area (Å²) in [7, 11) is 1.97. The van der Waals surface area contributed by atoms with Crippen LogP contribution in [-0.4, -0.2) is 19.5 Å². The van der Waals surface area contributed by atoms with E-state index < -0.39 is 0 Å². The highest BCUT2D eigenvalue weighted by Crippen LogP contribution is 2.33. The summed E-state index contributed by atoms with van der Waals surface area (Å²) in [5.41, 5.74) is 10.4. The molecule has 0 saturated carbocycles. The smallest absolute Gasteiger partial charge is 0.117 e. The molecule has 0 aliphatic carbocycles. The maximum Gasteiger partial charge on any atom is 0.117 e. The third kappa shape index (κ3) is 2.32. The number of aromatic nitrogens is 4. The second kappa shape index (κ2) is 5.35. The Morgan fingerprint density at radius 1 is 1.17 bits per heavy atom. The Morgan fingerprint density at radius 2 is 2.00 bits per heavy atom. The first-order valence-corrected chi connectivity index (χ1v) is 7.80. The molecule has 0 fully saturated rings. The number of fused-ring (bicyclic) bond motifs is 2. The lowest BCUT2D eigenvalue weighted by Gasteiger charge is -2.13. The van der Waals surface area contributed by atoms with Crippen molar-refractivity contribution in [3.8, 4) is 0 Å². The van der Waals surface area contributed by atoms with Gasteiger partial charge in [-0.2, -0.15) is 0 Å². The maximum atomic E-state index is 6.13. The number of rotatable bonds is 2. The molecule has 4 rings (SSSR count). The van der Waals surface area contributed by atoms with E-state index in [9.17, 15) is 0 Å². The third-order valence-corrected chi connectivity index (χ3v) is 4.38. The number of anilines is 3. The molecule has 3 N–H and O–H groups in total. The van der Waals surface area contributed by atoms with Crippen molar-refractivity contribution in [2.45, 2.75) is 6.92 Å². The van der Waals surface area contributed by atoms with Gasteiger partial charge in [-0.15, -0.1) is 0 Å². The molecule has 6 nitrogen and oxygen atoms in total. The quantitative estimate of drug-likeness (QED) is 0.543. The first-order valence-electron chi connectivity index (χ1n) is 7.42. The topological polar surface area (TPSA) is 81.7 Å². The van der Waals surface area contributed by atoms with Crippen LogP contribution in [0.1, 0.15) is 5.82 Å². The highest BCUT2D eigenvalue weighted by Gasteiger charge is 2.13. The van der Waals surface area contributed by atoms with Crippen LogP contribution in [0.2, 0.25) is 5.02 Å². The van der Waals surface area contributed by atoms with Crippen LogP contribution in [0, 0.1) is 6.92 Å². The van der Waals surface area contributed by atoms with Crippen LogP contribution < -0.4 is 11.1 Å². The van der Waals surface area contributed by atoms with Gasteiger partial charge in [-0.1, -0.05) is 11.6 Å². The Bertz CT molecular complexity index is 1090. The van der Waals surface area contributed by atoms with E-state index in [1.807, 2.05) is 36.9 Å². The van der Waals surface area contributed by atoms with Gasteiger partial charge in [0.1, 0.15) is 17.7 Å². The van der Waals surface area contributed by atoms with Crippen LogP contribution in [0.5, 0.6) is 0 Å². The van der Waals surface area contributed by atoms with Gasteiger partial charge in [-0.3, -0.25) is 0 Å². The minimum absolute atomic E-state index is 0.501. The van der Waals surface area contributed by atoms with Crippen LogP contribution in [0.3, 0.4) is 0 Å². The minimum Gasteiger partial charge on any atom is -0.398 e. The normalized spacial score (nSPS) is 11.3. The number of imidazole rings is 1. The number of hydrogen-bond acceptors (Lipinski definition) is 5. The summed E-state index contributed by atoms with van der Waals surface area (Å²) in [4.78, 5) is 13.4. The number of nitrogens with two attached hydrogens (primary N) is 1. The van der Waals surface area contributed by atoms with Crippen LogP contribution in [-0.2, 0) is 7.05 Å². The zero-order chi connectivity index (χ0) is 16.8. The summed E-state index contributed by atoms with van der Waals surface area (Å²) in [6, 6.07) is 7.42. The van der Waals surface area contributed by atoms with E-state index in [0.717, 1.165) is 39.1 Å². The van der Waals surface area contributed by atoms with Gasteiger partial charge in [0.2, 0.25) is 0 Å². The van der Waals surface area contributed by atoms with Gasteiger partial charge >= 0.3 is 0 Å². The van der Waals surface area contributed by atoms with Gasteiger partial charge < -0.3 is 15.6 Å². The summed E-state index contributed by atoms with van der Waals surface area (Å²) in [6.07, 6.45) is 3.59. The van der Waals surface area contributed by atoms with Gasteiger partial charge in [-0.25, -0.2) is 15.0 Å². The fourth-order valence-corrected chi connectivity index (χ4v) is 2.86. The maximum absolute atomic E-state index is 6.13. The van der Waals surface area contributed by atoms with E-state index in [1.54, 1.807) is 18.5 Å². The largest absolute Gasteiger partial charge is 0.398 e. The summed E-state index contributed by atoms with van der Waals surface area (Å²) in [6.45, 7) is 1.96. The molecule has 0 bridgehead atoms. The Balaban J connectivity index is 1.97. The van der Waals surface area contributed by atoms with Crippen molar-refractivity contribution in [1.82, 2.24) is 19.5 Å². The fourth-order valence-electron chi connectivity index (χ4n) is 2.68. The lowest BCUT2D eigenvalue weighted by molar-refractivity contribution is 0.824. The number of nitrogen functional groups attached to an aromatic ring is 1. The Labute approximate surface area is 143 Å². The van der Waals surface area contributed by atoms with Crippen molar-refractivity contribution in [3.05, 3.63) is 47.6 Å². The zero-order valence-electron chi connectivity index (χ0n) is 13.2. The SMILES string of the molecule is Cc1nc2c(Nc3ccc(N)c(Cl)c3)c3ncnc3cc2cn1C. The second-order valence-electron chi connectivity index (χ2n) is 5.69. The van der Waals surface area contributed by atoms with Crippen molar-refractivity contribution in [1.29, 1.82) is 0 Å². The second-order valence-corrected chi connectivity index (χ2v) is 6.10. The predicted octanol–water partition coefficient (Wildman–Crippen LogP) is 3.80. The van der Waals surface area contributed by atoms with Crippen molar-refractivity contribution in [2.24, 2.45) is 7.05 Å². The lowest BCUT2D eigenvalue weighted by atomic mass is 10.1. The van der Waals surface area contributed by atoms with Crippen molar-refractivity contribution in [2.75, 3.05) is 11.1 Å². The van der Waals surface area contributed by atoms with Gasteiger partial charge in [0.25, 0.3) is 0 Å². The Kier molecular flexibility index (Phi) is 3.28. The highest BCUT2D eigenvalue weighted by molar-refractivity contribution is 6.33. The first-order chi connectivity index (χ1) is 11.5. The molecule has 0 saturated heterocycles.